The van der Waals surface area contributed by atoms with Gasteiger partial charge in [0, 0.05) is 12.6 Å². The van der Waals surface area contributed by atoms with Gasteiger partial charge >= 0.3 is 0 Å². The van der Waals surface area contributed by atoms with E-state index in [4.69, 9.17) is 0 Å². The first-order valence-corrected chi connectivity index (χ1v) is 7.84. The van der Waals surface area contributed by atoms with Gasteiger partial charge in [0.15, 0.2) is 0 Å². The number of rotatable bonds is 5. The molecule has 20 heavy (non-hydrogen) atoms. The molecule has 1 aliphatic rings. The Morgan fingerprint density at radius 3 is 2.60 bits per heavy atom. The standard InChI is InChI=1S/C14H18N2O3S/c1-10(2)15-8-11(3)9-16-14(17)12-6-4-5-7-13(12)20(16,18)19/h4-7,10,15H,3,8-9H2,1-2H3. The van der Waals surface area contributed by atoms with E-state index in [1.54, 1.807) is 12.1 Å². The summed E-state index contributed by atoms with van der Waals surface area (Å²) in [6.45, 7) is 8.30. The van der Waals surface area contributed by atoms with Crippen molar-refractivity contribution in [1.29, 1.82) is 0 Å². The van der Waals surface area contributed by atoms with Crippen LogP contribution in [0.4, 0.5) is 0 Å². The van der Waals surface area contributed by atoms with Gasteiger partial charge in [-0.15, -0.1) is 0 Å². The molecular formula is C14H18N2O3S. The average molecular weight is 294 g/mol. The minimum absolute atomic E-state index is 0.00949. The van der Waals surface area contributed by atoms with Crippen molar-refractivity contribution in [1.82, 2.24) is 9.62 Å². The molecule has 0 saturated heterocycles. The predicted octanol–water partition coefficient (Wildman–Crippen LogP) is 1.39. The van der Waals surface area contributed by atoms with Crippen LogP contribution in [-0.4, -0.2) is 37.8 Å². The highest BCUT2D eigenvalue weighted by Crippen LogP contribution is 2.30. The van der Waals surface area contributed by atoms with Crippen LogP contribution in [0.1, 0.15) is 24.2 Å². The van der Waals surface area contributed by atoms with Gasteiger partial charge in [-0.05, 0) is 17.7 Å². The summed E-state index contributed by atoms with van der Waals surface area (Å²) < 4.78 is 25.5. The Labute approximate surface area is 119 Å². The van der Waals surface area contributed by atoms with Crippen molar-refractivity contribution in [2.45, 2.75) is 24.8 Å². The molecule has 0 atom stereocenters. The van der Waals surface area contributed by atoms with E-state index in [1.165, 1.54) is 12.1 Å². The molecule has 1 aromatic carbocycles. The summed E-state index contributed by atoms with van der Waals surface area (Å²) in [5.41, 5.74) is 0.889. The fourth-order valence-electron chi connectivity index (χ4n) is 1.99. The Bertz CT molecular complexity index is 650. The number of hydrogen-bond acceptors (Lipinski definition) is 4. The molecule has 1 amide bonds. The molecule has 0 radical (unpaired) electrons. The minimum Gasteiger partial charge on any atom is -0.311 e. The molecule has 0 bridgehead atoms. The van der Waals surface area contributed by atoms with E-state index in [-0.39, 0.29) is 23.0 Å². The Hall–Kier alpha value is -1.66. The number of benzene rings is 1. The maximum Gasteiger partial charge on any atom is 0.269 e. The van der Waals surface area contributed by atoms with Crippen LogP contribution in [-0.2, 0) is 10.0 Å². The number of carbonyl (C=O) groups excluding carboxylic acids is 1. The first-order chi connectivity index (χ1) is 9.34. The zero-order valence-electron chi connectivity index (χ0n) is 11.6. The molecule has 0 fully saturated rings. The van der Waals surface area contributed by atoms with Crippen molar-refractivity contribution in [2.75, 3.05) is 13.1 Å². The van der Waals surface area contributed by atoms with Crippen LogP contribution >= 0.6 is 0 Å². The highest BCUT2D eigenvalue weighted by molar-refractivity contribution is 7.90. The lowest BCUT2D eigenvalue weighted by Crippen LogP contribution is -2.35. The topological polar surface area (TPSA) is 66.5 Å². The highest BCUT2D eigenvalue weighted by Gasteiger charge is 2.40. The van der Waals surface area contributed by atoms with E-state index < -0.39 is 15.9 Å². The molecule has 1 heterocycles. The molecule has 1 N–H and O–H groups in total. The Morgan fingerprint density at radius 1 is 1.35 bits per heavy atom. The summed E-state index contributed by atoms with van der Waals surface area (Å²) in [4.78, 5) is 12.2. The molecule has 2 rings (SSSR count). The maximum absolute atomic E-state index is 12.3. The Morgan fingerprint density at radius 2 is 2.00 bits per heavy atom. The van der Waals surface area contributed by atoms with E-state index in [0.717, 1.165) is 4.31 Å². The van der Waals surface area contributed by atoms with Gasteiger partial charge in [-0.3, -0.25) is 4.79 Å². The van der Waals surface area contributed by atoms with E-state index >= 15 is 0 Å². The van der Waals surface area contributed by atoms with Gasteiger partial charge in [0.05, 0.1) is 12.1 Å². The van der Waals surface area contributed by atoms with Gasteiger partial charge in [-0.1, -0.05) is 32.6 Å². The monoisotopic (exact) mass is 294 g/mol. The molecule has 0 spiro atoms. The van der Waals surface area contributed by atoms with Crippen LogP contribution in [0.25, 0.3) is 0 Å². The van der Waals surface area contributed by atoms with E-state index in [0.29, 0.717) is 12.1 Å². The third-order valence-electron chi connectivity index (χ3n) is 3.04. The number of amides is 1. The lowest BCUT2D eigenvalue weighted by Gasteiger charge is -2.17. The van der Waals surface area contributed by atoms with Gasteiger partial charge in [0.1, 0.15) is 4.90 Å². The van der Waals surface area contributed by atoms with E-state index in [1.807, 2.05) is 13.8 Å². The molecule has 0 aromatic heterocycles. The van der Waals surface area contributed by atoms with Crippen molar-refractivity contribution in [3.63, 3.8) is 0 Å². The lowest BCUT2D eigenvalue weighted by molar-refractivity contribution is 0.0878. The maximum atomic E-state index is 12.3. The first kappa shape index (κ1) is 14.7. The largest absolute Gasteiger partial charge is 0.311 e. The second kappa shape index (κ2) is 5.38. The number of nitrogens with one attached hydrogen (secondary N) is 1. The van der Waals surface area contributed by atoms with Crippen molar-refractivity contribution < 1.29 is 13.2 Å². The number of nitrogens with zero attached hydrogens (tertiary/aromatic N) is 1. The second-order valence-corrected chi connectivity index (χ2v) is 6.93. The molecule has 1 aliphatic heterocycles. The fraction of sp³-hybridized carbons (Fsp3) is 0.357. The van der Waals surface area contributed by atoms with Crippen LogP contribution < -0.4 is 5.32 Å². The van der Waals surface area contributed by atoms with Gasteiger partial charge in [0.25, 0.3) is 15.9 Å². The predicted molar refractivity (Wildman–Crippen MR) is 76.9 cm³/mol. The number of fused-ring (bicyclic) bond motifs is 1. The lowest BCUT2D eigenvalue weighted by atomic mass is 10.2. The van der Waals surface area contributed by atoms with Crippen molar-refractivity contribution >= 4 is 15.9 Å². The molecule has 5 nitrogen and oxygen atoms in total. The molecule has 0 aliphatic carbocycles. The Kier molecular flexibility index (Phi) is 3.96. The van der Waals surface area contributed by atoms with Gasteiger partial charge in [-0.25, -0.2) is 12.7 Å². The number of sulfonamides is 1. The summed E-state index contributed by atoms with van der Waals surface area (Å²) in [6.07, 6.45) is 0. The van der Waals surface area contributed by atoms with Gasteiger partial charge < -0.3 is 5.32 Å². The van der Waals surface area contributed by atoms with Crippen LogP contribution in [0.3, 0.4) is 0 Å². The second-order valence-electron chi connectivity index (χ2n) is 5.10. The third kappa shape index (κ3) is 2.62. The van der Waals surface area contributed by atoms with Crippen molar-refractivity contribution in [2.24, 2.45) is 0 Å². The van der Waals surface area contributed by atoms with Crippen LogP contribution in [0.2, 0.25) is 0 Å². The highest BCUT2D eigenvalue weighted by atomic mass is 32.2. The van der Waals surface area contributed by atoms with Gasteiger partial charge in [-0.2, -0.15) is 0 Å². The van der Waals surface area contributed by atoms with E-state index in [2.05, 4.69) is 11.9 Å². The quantitative estimate of drug-likeness (QED) is 0.833. The fourth-order valence-corrected chi connectivity index (χ4v) is 3.59. The summed E-state index contributed by atoms with van der Waals surface area (Å²) in [7, 11) is -3.73. The average Bonchev–Trinajstić information content (AvgIpc) is 2.58. The number of carbonyl (C=O) groups is 1. The van der Waals surface area contributed by atoms with E-state index in [9.17, 15) is 13.2 Å². The summed E-state index contributed by atoms with van der Waals surface area (Å²) in [6, 6.07) is 6.53. The molecule has 1 aromatic rings. The first-order valence-electron chi connectivity index (χ1n) is 6.40. The van der Waals surface area contributed by atoms with Gasteiger partial charge in [0.2, 0.25) is 0 Å². The van der Waals surface area contributed by atoms with Crippen molar-refractivity contribution in [3.05, 3.63) is 42.0 Å². The number of hydrogen-bond donors (Lipinski definition) is 1. The molecule has 0 unspecified atom stereocenters. The Balaban J connectivity index is 2.19. The minimum atomic E-state index is -3.73. The van der Waals surface area contributed by atoms with Crippen LogP contribution in [0.5, 0.6) is 0 Å². The van der Waals surface area contributed by atoms with Crippen LogP contribution in [0.15, 0.2) is 41.3 Å². The third-order valence-corrected chi connectivity index (χ3v) is 4.83. The van der Waals surface area contributed by atoms with Crippen LogP contribution in [0, 0.1) is 0 Å². The summed E-state index contributed by atoms with van der Waals surface area (Å²) in [5, 5.41) is 3.15. The SMILES string of the molecule is C=C(CNC(C)C)CN1C(=O)c2ccccc2S1(=O)=O. The zero-order valence-corrected chi connectivity index (χ0v) is 12.4. The molecular weight excluding hydrogens is 276 g/mol. The molecule has 0 saturated carbocycles. The van der Waals surface area contributed by atoms with Crippen molar-refractivity contribution in [3.8, 4) is 0 Å². The zero-order chi connectivity index (χ0) is 14.9. The molecule has 108 valence electrons. The molecule has 6 heteroatoms. The smallest absolute Gasteiger partial charge is 0.269 e. The summed E-state index contributed by atoms with van der Waals surface area (Å²) in [5.74, 6) is -0.480. The summed E-state index contributed by atoms with van der Waals surface area (Å²) >= 11 is 0. The normalized spacial score (nSPS) is 16.6.